The van der Waals surface area contributed by atoms with Gasteiger partial charge in [0.1, 0.15) is 17.5 Å². The van der Waals surface area contributed by atoms with E-state index in [-0.39, 0.29) is 17.5 Å². The van der Waals surface area contributed by atoms with Crippen LogP contribution in [0.25, 0.3) is 5.69 Å². The first-order valence-corrected chi connectivity index (χ1v) is 9.50. The standard InChI is InChI=1S/C20H15F2N5OS/c1-12-24-18(26-27(12)16-7-5-14(21)6-8-16)19(28)25-20-23-11-17(29-20)10-13-3-2-4-15(22)9-13/h2-9,11H,10H2,1H3,(H,23,25,28). The van der Waals surface area contributed by atoms with Gasteiger partial charge in [0.05, 0.1) is 5.69 Å². The number of rotatable bonds is 5. The summed E-state index contributed by atoms with van der Waals surface area (Å²) in [5, 5.41) is 7.27. The lowest BCUT2D eigenvalue weighted by molar-refractivity contribution is 0.101. The number of thiazole rings is 1. The summed E-state index contributed by atoms with van der Waals surface area (Å²) in [6.07, 6.45) is 2.16. The molecule has 2 heterocycles. The summed E-state index contributed by atoms with van der Waals surface area (Å²) in [5.41, 5.74) is 1.42. The van der Waals surface area contributed by atoms with Gasteiger partial charge in [0.25, 0.3) is 5.91 Å². The molecule has 2 aromatic heterocycles. The lowest BCUT2D eigenvalue weighted by Gasteiger charge is -2.01. The molecular weight excluding hydrogens is 396 g/mol. The first kappa shape index (κ1) is 18.9. The third-order valence-corrected chi connectivity index (χ3v) is 5.00. The molecule has 1 N–H and O–H groups in total. The normalized spacial score (nSPS) is 10.9. The van der Waals surface area contributed by atoms with Crippen molar-refractivity contribution in [3.8, 4) is 5.69 Å². The van der Waals surface area contributed by atoms with Gasteiger partial charge in [-0.15, -0.1) is 16.4 Å². The van der Waals surface area contributed by atoms with Crippen molar-refractivity contribution in [3.05, 3.63) is 88.5 Å². The van der Waals surface area contributed by atoms with Gasteiger partial charge in [0, 0.05) is 17.5 Å². The molecule has 146 valence electrons. The van der Waals surface area contributed by atoms with Gasteiger partial charge in [-0.2, -0.15) is 0 Å². The quantitative estimate of drug-likeness (QED) is 0.535. The van der Waals surface area contributed by atoms with Crippen molar-refractivity contribution >= 4 is 22.4 Å². The number of anilines is 1. The Morgan fingerprint density at radius 1 is 1.14 bits per heavy atom. The fraction of sp³-hybridized carbons (Fsp3) is 0.100. The SMILES string of the molecule is Cc1nc(C(=O)Nc2ncc(Cc3cccc(F)c3)s2)nn1-c1ccc(F)cc1. The van der Waals surface area contributed by atoms with Crippen LogP contribution in [0.4, 0.5) is 13.9 Å². The zero-order valence-corrected chi connectivity index (χ0v) is 16.1. The number of amides is 1. The molecule has 0 saturated carbocycles. The molecule has 9 heteroatoms. The minimum absolute atomic E-state index is 0.0197. The van der Waals surface area contributed by atoms with Gasteiger partial charge in [0.15, 0.2) is 5.13 Å². The number of halogens is 2. The number of nitrogens with zero attached hydrogens (tertiary/aromatic N) is 4. The number of aromatic nitrogens is 4. The van der Waals surface area contributed by atoms with Gasteiger partial charge in [-0.25, -0.2) is 23.4 Å². The van der Waals surface area contributed by atoms with Crippen LogP contribution in [0.5, 0.6) is 0 Å². The van der Waals surface area contributed by atoms with E-state index in [0.29, 0.717) is 23.1 Å². The molecule has 0 fully saturated rings. The van der Waals surface area contributed by atoms with E-state index in [1.165, 1.54) is 40.3 Å². The zero-order valence-electron chi connectivity index (χ0n) is 15.3. The number of aryl methyl sites for hydroxylation is 1. The second kappa shape index (κ2) is 7.88. The lowest BCUT2D eigenvalue weighted by Crippen LogP contribution is -2.14. The highest BCUT2D eigenvalue weighted by Gasteiger charge is 2.17. The Hall–Kier alpha value is -3.46. The minimum atomic E-state index is -0.499. The van der Waals surface area contributed by atoms with E-state index in [2.05, 4.69) is 20.4 Å². The van der Waals surface area contributed by atoms with E-state index >= 15 is 0 Å². The molecule has 29 heavy (non-hydrogen) atoms. The van der Waals surface area contributed by atoms with Crippen LogP contribution in [0, 0.1) is 18.6 Å². The summed E-state index contributed by atoms with van der Waals surface area (Å²) in [7, 11) is 0. The second-order valence-corrected chi connectivity index (χ2v) is 7.38. The van der Waals surface area contributed by atoms with Crippen LogP contribution in [0.15, 0.2) is 54.7 Å². The van der Waals surface area contributed by atoms with E-state index in [4.69, 9.17) is 0 Å². The van der Waals surface area contributed by atoms with Gasteiger partial charge >= 0.3 is 0 Å². The fourth-order valence-corrected chi connectivity index (χ4v) is 3.60. The molecule has 0 bridgehead atoms. The predicted octanol–water partition coefficient (Wildman–Crippen LogP) is 4.15. The van der Waals surface area contributed by atoms with Crippen molar-refractivity contribution in [1.82, 2.24) is 19.7 Å². The maximum Gasteiger partial charge on any atom is 0.297 e. The first-order chi connectivity index (χ1) is 14.0. The first-order valence-electron chi connectivity index (χ1n) is 8.68. The Balaban J connectivity index is 1.47. The molecule has 0 aliphatic carbocycles. The summed E-state index contributed by atoms with van der Waals surface area (Å²) in [6.45, 7) is 1.70. The van der Waals surface area contributed by atoms with Gasteiger partial charge < -0.3 is 0 Å². The van der Waals surface area contributed by atoms with E-state index in [1.54, 1.807) is 31.3 Å². The maximum absolute atomic E-state index is 13.3. The van der Waals surface area contributed by atoms with E-state index < -0.39 is 5.91 Å². The number of hydrogen-bond acceptors (Lipinski definition) is 5. The van der Waals surface area contributed by atoms with Crippen LogP contribution in [-0.4, -0.2) is 25.7 Å². The smallest absolute Gasteiger partial charge is 0.295 e. The Morgan fingerprint density at radius 3 is 2.69 bits per heavy atom. The minimum Gasteiger partial charge on any atom is -0.295 e. The van der Waals surface area contributed by atoms with Gasteiger partial charge in [-0.1, -0.05) is 12.1 Å². The number of carbonyl (C=O) groups is 1. The summed E-state index contributed by atoms with van der Waals surface area (Å²) in [5.74, 6) is -0.678. The zero-order chi connectivity index (χ0) is 20.4. The molecular formula is C20H15F2N5OS. The second-order valence-electron chi connectivity index (χ2n) is 6.26. The molecule has 4 rings (SSSR count). The van der Waals surface area contributed by atoms with Crippen LogP contribution in [-0.2, 0) is 6.42 Å². The summed E-state index contributed by atoms with van der Waals surface area (Å²) >= 11 is 1.30. The monoisotopic (exact) mass is 411 g/mol. The summed E-state index contributed by atoms with van der Waals surface area (Å²) in [6, 6.07) is 12.1. The molecule has 1 amide bonds. The molecule has 2 aromatic carbocycles. The average Bonchev–Trinajstić information content (AvgIpc) is 3.29. The highest BCUT2D eigenvalue weighted by atomic mass is 32.1. The number of hydrogen-bond donors (Lipinski definition) is 1. The van der Waals surface area contributed by atoms with Gasteiger partial charge in [-0.3, -0.25) is 10.1 Å². The molecule has 0 aliphatic rings. The Bertz CT molecular complexity index is 1170. The molecule has 6 nitrogen and oxygen atoms in total. The largest absolute Gasteiger partial charge is 0.297 e. The van der Waals surface area contributed by atoms with Crippen LogP contribution in [0.1, 0.15) is 26.9 Å². The topological polar surface area (TPSA) is 72.7 Å². The van der Waals surface area contributed by atoms with Crippen molar-refractivity contribution in [1.29, 1.82) is 0 Å². The number of nitrogens with one attached hydrogen (secondary N) is 1. The van der Waals surface area contributed by atoms with Crippen LogP contribution in [0.3, 0.4) is 0 Å². The highest BCUT2D eigenvalue weighted by Crippen LogP contribution is 2.22. The van der Waals surface area contributed by atoms with Crippen molar-refractivity contribution in [3.63, 3.8) is 0 Å². The van der Waals surface area contributed by atoms with Gasteiger partial charge in [-0.05, 0) is 48.9 Å². The Kier molecular flexibility index (Phi) is 5.13. The molecule has 0 radical (unpaired) electrons. The third-order valence-electron chi connectivity index (χ3n) is 4.08. The molecule has 0 saturated heterocycles. The molecule has 4 aromatic rings. The average molecular weight is 411 g/mol. The molecule has 0 unspecified atom stereocenters. The van der Waals surface area contributed by atoms with E-state index in [9.17, 15) is 13.6 Å². The lowest BCUT2D eigenvalue weighted by atomic mass is 10.1. The van der Waals surface area contributed by atoms with Crippen molar-refractivity contribution < 1.29 is 13.6 Å². The van der Waals surface area contributed by atoms with Crippen molar-refractivity contribution in [2.75, 3.05) is 5.32 Å². The van der Waals surface area contributed by atoms with Crippen LogP contribution < -0.4 is 5.32 Å². The summed E-state index contributed by atoms with van der Waals surface area (Å²) in [4.78, 5) is 21.7. The van der Waals surface area contributed by atoms with Crippen LogP contribution in [0.2, 0.25) is 0 Å². The van der Waals surface area contributed by atoms with Crippen molar-refractivity contribution in [2.45, 2.75) is 13.3 Å². The summed E-state index contributed by atoms with van der Waals surface area (Å²) < 4.78 is 27.9. The van der Waals surface area contributed by atoms with E-state index in [0.717, 1.165) is 10.4 Å². The maximum atomic E-state index is 13.3. The third kappa shape index (κ3) is 4.35. The molecule has 0 atom stereocenters. The van der Waals surface area contributed by atoms with Crippen molar-refractivity contribution in [2.24, 2.45) is 0 Å². The van der Waals surface area contributed by atoms with Crippen LogP contribution >= 0.6 is 11.3 Å². The molecule has 0 aliphatic heterocycles. The van der Waals surface area contributed by atoms with E-state index in [1.807, 2.05) is 6.07 Å². The molecule has 0 spiro atoms. The number of carbonyl (C=O) groups excluding carboxylic acids is 1. The highest BCUT2D eigenvalue weighted by molar-refractivity contribution is 7.15. The predicted molar refractivity (Wildman–Crippen MR) is 105 cm³/mol. The Morgan fingerprint density at radius 2 is 1.93 bits per heavy atom. The van der Waals surface area contributed by atoms with Gasteiger partial charge in [0.2, 0.25) is 5.82 Å². The number of benzene rings is 2. The Labute approximate surface area is 168 Å². The fourth-order valence-electron chi connectivity index (χ4n) is 2.76.